The molecule has 0 unspecified atom stereocenters. The van der Waals surface area contributed by atoms with Crippen LogP contribution < -0.4 is 0 Å². The molecular weight excluding hydrogens is 363 g/mol. The Kier molecular flexibility index (Phi) is 4.27. The average Bonchev–Trinajstić information content (AvgIpc) is 2.68. The fraction of sp³-hybridized carbons (Fsp3) is 0.0476. The van der Waals surface area contributed by atoms with E-state index in [9.17, 15) is 4.39 Å². The molecule has 0 spiro atoms. The normalized spacial score (nSPS) is 10.7. The highest BCUT2D eigenvalue weighted by Crippen LogP contribution is 2.34. The highest BCUT2D eigenvalue weighted by Gasteiger charge is 2.15. The number of nitriles is 1. The molecule has 27 heavy (non-hydrogen) atoms. The van der Waals surface area contributed by atoms with E-state index in [-0.39, 0.29) is 5.56 Å². The Morgan fingerprint density at radius 2 is 1.89 bits per heavy atom. The highest BCUT2D eigenvalue weighted by molar-refractivity contribution is 6.35. The third kappa shape index (κ3) is 3.12. The second kappa shape index (κ2) is 6.75. The summed E-state index contributed by atoms with van der Waals surface area (Å²) in [5.41, 5.74) is 3.92. The molecule has 0 aliphatic carbocycles. The maximum absolute atomic E-state index is 13.7. The van der Waals surface area contributed by atoms with Crippen LogP contribution in [0.25, 0.3) is 33.4 Å². The zero-order chi connectivity index (χ0) is 19.0. The van der Waals surface area contributed by atoms with Crippen molar-refractivity contribution >= 4 is 22.5 Å². The molecule has 0 N–H and O–H groups in total. The first-order chi connectivity index (χ1) is 13.1. The van der Waals surface area contributed by atoms with E-state index >= 15 is 0 Å². The van der Waals surface area contributed by atoms with E-state index < -0.39 is 5.82 Å². The predicted octanol–water partition coefficient (Wildman–Crippen LogP) is 5.33. The molecule has 4 aromatic rings. The molecule has 0 bridgehead atoms. The van der Waals surface area contributed by atoms with Crippen LogP contribution in [0.5, 0.6) is 0 Å². The van der Waals surface area contributed by atoms with Crippen molar-refractivity contribution in [2.45, 2.75) is 6.92 Å². The number of pyridine rings is 1. The van der Waals surface area contributed by atoms with Gasteiger partial charge in [-0.3, -0.25) is 9.97 Å². The molecule has 0 aliphatic heterocycles. The van der Waals surface area contributed by atoms with Crippen molar-refractivity contribution in [2.75, 3.05) is 0 Å². The molecule has 0 fully saturated rings. The lowest BCUT2D eigenvalue weighted by atomic mass is 10.0. The summed E-state index contributed by atoms with van der Waals surface area (Å²) in [4.78, 5) is 13.4. The van der Waals surface area contributed by atoms with E-state index in [2.05, 4.69) is 15.0 Å². The number of fused-ring (bicyclic) bond motifs is 1. The maximum atomic E-state index is 13.7. The van der Waals surface area contributed by atoms with E-state index in [1.807, 2.05) is 31.2 Å². The Bertz CT molecular complexity index is 1230. The van der Waals surface area contributed by atoms with Crippen molar-refractivity contribution in [1.29, 1.82) is 5.26 Å². The van der Waals surface area contributed by atoms with Crippen LogP contribution in [-0.2, 0) is 0 Å². The minimum Gasteiger partial charge on any atom is -0.255 e. The molecule has 2 aromatic heterocycles. The number of hydrogen-bond acceptors (Lipinski definition) is 4. The Morgan fingerprint density at radius 1 is 1.04 bits per heavy atom. The number of benzene rings is 2. The number of hydrogen-bond donors (Lipinski definition) is 0. The second-order valence-electron chi connectivity index (χ2n) is 6.05. The molecule has 0 saturated heterocycles. The van der Waals surface area contributed by atoms with Crippen molar-refractivity contribution in [3.63, 3.8) is 0 Å². The zero-order valence-corrected chi connectivity index (χ0v) is 15.0. The summed E-state index contributed by atoms with van der Waals surface area (Å²) in [6, 6.07) is 13.7. The molecule has 2 heterocycles. The first kappa shape index (κ1) is 17.1. The zero-order valence-electron chi connectivity index (χ0n) is 14.2. The first-order valence-corrected chi connectivity index (χ1v) is 8.53. The van der Waals surface area contributed by atoms with E-state index in [0.29, 0.717) is 33.2 Å². The standard InChI is InChI=1S/C21H12ClFN4/c1-12-11-26-20(15-7-13-3-2-6-25-19(13)17(22)9-15)21(27-12)14-4-5-18(23)16(8-14)10-24/h2-9,11H,1H3. The summed E-state index contributed by atoms with van der Waals surface area (Å²) in [5, 5.41) is 10.5. The molecule has 4 rings (SSSR count). The number of halogens is 2. The van der Waals surface area contributed by atoms with Crippen LogP contribution in [0.3, 0.4) is 0 Å². The van der Waals surface area contributed by atoms with E-state index in [1.165, 1.54) is 12.1 Å². The van der Waals surface area contributed by atoms with Crippen molar-refractivity contribution in [1.82, 2.24) is 15.0 Å². The molecule has 0 saturated carbocycles. The van der Waals surface area contributed by atoms with Gasteiger partial charge >= 0.3 is 0 Å². The summed E-state index contributed by atoms with van der Waals surface area (Å²) < 4.78 is 13.7. The lowest BCUT2D eigenvalue weighted by Gasteiger charge is -2.11. The van der Waals surface area contributed by atoms with Gasteiger partial charge in [-0.25, -0.2) is 9.37 Å². The van der Waals surface area contributed by atoms with Crippen LogP contribution in [0, 0.1) is 24.1 Å². The van der Waals surface area contributed by atoms with Gasteiger partial charge in [0.15, 0.2) is 0 Å². The van der Waals surface area contributed by atoms with Gasteiger partial charge in [0.1, 0.15) is 11.9 Å². The van der Waals surface area contributed by atoms with Crippen LogP contribution in [0.15, 0.2) is 54.9 Å². The van der Waals surface area contributed by atoms with Gasteiger partial charge < -0.3 is 0 Å². The predicted molar refractivity (Wildman–Crippen MR) is 103 cm³/mol. The van der Waals surface area contributed by atoms with Gasteiger partial charge in [0.05, 0.1) is 33.2 Å². The van der Waals surface area contributed by atoms with Gasteiger partial charge in [-0.2, -0.15) is 5.26 Å². The van der Waals surface area contributed by atoms with Gasteiger partial charge in [-0.15, -0.1) is 0 Å². The largest absolute Gasteiger partial charge is 0.255 e. The van der Waals surface area contributed by atoms with Crippen LogP contribution in [-0.4, -0.2) is 15.0 Å². The Hall–Kier alpha value is -3.36. The topological polar surface area (TPSA) is 62.5 Å². The van der Waals surface area contributed by atoms with Crippen molar-refractivity contribution in [3.8, 4) is 28.6 Å². The Labute approximate surface area is 159 Å². The summed E-state index contributed by atoms with van der Waals surface area (Å²) in [5.74, 6) is -0.566. The summed E-state index contributed by atoms with van der Waals surface area (Å²) in [6.45, 7) is 1.83. The third-order valence-corrected chi connectivity index (χ3v) is 4.47. The summed E-state index contributed by atoms with van der Waals surface area (Å²) in [7, 11) is 0. The van der Waals surface area contributed by atoms with Gasteiger partial charge in [0.2, 0.25) is 0 Å². The van der Waals surface area contributed by atoms with Gasteiger partial charge in [0.25, 0.3) is 0 Å². The third-order valence-electron chi connectivity index (χ3n) is 4.19. The molecule has 130 valence electrons. The SMILES string of the molecule is Cc1cnc(-c2cc(Cl)c3ncccc3c2)c(-c2ccc(F)c(C#N)c2)n1. The quantitative estimate of drug-likeness (QED) is 0.475. The number of aryl methyl sites for hydroxylation is 1. The van der Waals surface area contributed by atoms with Gasteiger partial charge in [-0.1, -0.05) is 17.7 Å². The molecule has 0 aliphatic rings. The highest BCUT2D eigenvalue weighted by atomic mass is 35.5. The first-order valence-electron chi connectivity index (χ1n) is 8.15. The molecule has 0 amide bonds. The lowest BCUT2D eigenvalue weighted by Crippen LogP contribution is -1.97. The molecular formula is C21H12ClFN4. The smallest absolute Gasteiger partial charge is 0.140 e. The van der Waals surface area contributed by atoms with Gasteiger partial charge in [0, 0.05) is 28.9 Å². The van der Waals surface area contributed by atoms with E-state index in [1.54, 1.807) is 24.5 Å². The number of nitrogens with zero attached hydrogens (tertiary/aromatic N) is 4. The molecule has 4 nitrogen and oxygen atoms in total. The van der Waals surface area contributed by atoms with Crippen molar-refractivity contribution in [3.05, 3.63) is 77.0 Å². The van der Waals surface area contributed by atoms with Crippen LogP contribution in [0.2, 0.25) is 5.02 Å². The monoisotopic (exact) mass is 374 g/mol. The number of aromatic nitrogens is 3. The fourth-order valence-electron chi connectivity index (χ4n) is 2.93. The van der Waals surface area contributed by atoms with Crippen molar-refractivity contribution < 1.29 is 4.39 Å². The van der Waals surface area contributed by atoms with E-state index in [0.717, 1.165) is 10.9 Å². The molecule has 0 atom stereocenters. The fourth-order valence-corrected chi connectivity index (χ4v) is 3.21. The maximum Gasteiger partial charge on any atom is 0.140 e. The van der Waals surface area contributed by atoms with Crippen molar-refractivity contribution in [2.24, 2.45) is 0 Å². The molecule has 2 aromatic carbocycles. The molecule has 0 radical (unpaired) electrons. The van der Waals surface area contributed by atoms with Crippen LogP contribution >= 0.6 is 11.6 Å². The van der Waals surface area contributed by atoms with E-state index in [4.69, 9.17) is 16.9 Å². The average molecular weight is 375 g/mol. The summed E-state index contributed by atoms with van der Waals surface area (Å²) in [6.07, 6.45) is 3.35. The minimum absolute atomic E-state index is 0.0394. The minimum atomic E-state index is -0.566. The van der Waals surface area contributed by atoms with Crippen LogP contribution in [0.1, 0.15) is 11.3 Å². The van der Waals surface area contributed by atoms with Gasteiger partial charge in [-0.05, 0) is 43.3 Å². The molecule has 6 heteroatoms. The summed E-state index contributed by atoms with van der Waals surface area (Å²) >= 11 is 6.41. The Morgan fingerprint density at radius 3 is 2.70 bits per heavy atom. The Balaban J connectivity index is 1.97. The van der Waals surface area contributed by atoms with Crippen LogP contribution in [0.4, 0.5) is 4.39 Å². The second-order valence-corrected chi connectivity index (χ2v) is 6.46. The number of rotatable bonds is 2. The lowest BCUT2D eigenvalue weighted by molar-refractivity contribution is 0.624.